The number of ether oxygens (including phenoxy) is 1. The van der Waals surface area contributed by atoms with Crippen molar-refractivity contribution in [2.75, 3.05) is 19.0 Å². The van der Waals surface area contributed by atoms with Gasteiger partial charge in [0, 0.05) is 25.5 Å². The lowest BCUT2D eigenvalue weighted by Crippen LogP contribution is -2.45. The van der Waals surface area contributed by atoms with E-state index in [0.717, 1.165) is 36.9 Å². The van der Waals surface area contributed by atoms with Crippen LogP contribution in [0.25, 0.3) is 0 Å². The van der Waals surface area contributed by atoms with E-state index in [1.807, 2.05) is 43.3 Å². The van der Waals surface area contributed by atoms with E-state index in [1.165, 1.54) is 6.42 Å². The molecular formula is C20H27N3O3. The minimum Gasteiger partial charge on any atom is -0.459 e. The van der Waals surface area contributed by atoms with Crippen LogP contribution in [0, 0.1) is 0 Å². The number of nitrogens with one attached hydrogen (secondary N) is 2. The molecule has 1 aromatic rings. The lowest BCUT2D eigenvalue weighted by molar-refractivity contribution is -0.146. The third-order valence-corrected chi connectivity index (χ3v) is 5.06. The van der Waals surface area contributed by atoms with Gasteiger partial charge in [0.1, 0.15) is 6.10 Å². The number of carbonyl (C=O) groups is 2. The fraction of sp³-hybridized carbons (Fsp3) is 0.500. The second-order valence-corrected chi connectivity index (χ2v) is 7.22. The second-order valence-electron chi connectivity index (χ2n) is 7.22. The molecule has 0 saturated heterocycles. The van der Waals surface area contributed by atoms with E-state index >= 15 is 0 Å². The van der Waals surface area contributed by atoms with Crippen LogP contribution in [-0.4, -0.2) is 32.2 Å². The van der Waals surface area contributed by atoms with Gasteiger partial charge in [-0.3, -0.25) is 0 Å². The first-order chi connectivity index (χ1) is 12.5. The summed E-state index contributed by atoms with van der Waals surface area (Å²) in [6.07, 6.45) is 5.21. The average molecular weight is 357 g/mol. The standard InChI is InChI=1S/C20H27N3O3/c1-13-17(19(24)26-16-7-5-4-6-8-16)18(22-20(25)21-13)14-9-11-15(12-10-14)23(2)3/h9-12,16,18H,4-8H2,1-3H3,(H2,21,22,25)/t18-/m0/s1. The first-order valence-electron chi connectivity index (χ1n) is 9.22. The maximum atomic E-state index is 12.9. The van der Waals surface area contributed by atoms with Crippen LogP contribution in [0.2, 0.25) is 0 Å². The quantitative estimate of drug-likeness (QED) is 0.812. The van der Waals surface area contributed by atoms with E-state index in [-0.39, 0.29) is 18.1 Å². The molecule has 2 aliphatic rings. The number of hydrogen-bond acceptors (Lipinski definition) is 4. The summed E-state index contributed by atoms with van der Waals surface area (Å²) in [5.74, 6) is -0.344. The molecule has 0 radical (unpaired) electrons. The van der Waals surface area contributed by atoms with Gasteiger partial charge in [-0.05, 0) is 50.3 Å². The molecule has 0 unspecified atom stereocenters. The highest BCUT2D eigenvalue weighted by molar-refractivity contribution is 5.95. The summed E-state index contributed by atoms with van der Waals surface area (Å²) in [4.78, 5) is 26.8. The molecule has 1 aliphatic carbocycles. The fourth-order valence-corrected chi connectivity index (χ4v) is 3.58. The highest BCUT2D eigenvalue weighted by atomic mass is 16.5. The molecule has 6 heteroatoms. The average Bonchev–Trinajstić information content (AvgIpc) is 2.61. The third kappa shape index (κ3) is 4.00. The van der Waals surface area contributed by atoms with Gasteiger partial charge in [-0.2, -0.15) is 0 Å². The minimum absolute atomic E-state index is 0.0223. The smallest absolute Gasteiger partial charge is 0.338 e. The zero-order valence-corrected chi connectivity index (χ0v) is 15.7. The number of benzene rings is 1. The number of rotatable bonds is 4. The van der Waals surface area contributed by atoms with Crippen molar-refractivity contribution >= 4 is 17.7 Å². The number of amides is 2. The van der Waals surface area contributed by atoms with Crippen molar-refractivity contribution < 1.29 is 14.3 Å². The largest absolute Gasteiger partial charge is 0.459 e. The molecule has 1 saturated carbocycles. The van der Waals surface area contributed by atoms with Crippen LogP contribution in [-0.2, 0) is 9.53 Å². The summed E-state index contributed by atoms with van der Waals surface area (Å²) >= 11 is 0. The highest BCUT2D eigenvalue weighted by Gasteiger charge is 2.33. The van der Waals surface area contributed by atoms with Crippen molar-refractivity contribution in [1.82, 2.24) is 10.6 Å². The maximum absolute atomic E-state index is 12.9. The van der Waals surface area contributed by atoms with Crippen molar-refractivity contribution in [2.45, 2.75) is 51.2 Å². The van der Waals surface area contributed by atoms with Crippen molar-refractivity contribution in [1.29, 1.82) is 0 Å². The van der Waals surface area contributed by atoms with E-state index < -0.39 is 6.04 Å². The van der Waals surface area contributed by atoms with Crippen LogP contribution in [0.5, 0.6) is 0 Å². The van der Waals surface area contributed by atoms with E-state index in [4.69, 9.17) is 4.74 Å². The molecule has 0 bridgehead atoms. The van der Waals surface area contributed by atoms with Gasteiger partial charge < -0.3 is 20.3 Å². The Labute approximate surface area is 154 Å². The molecule has 1 aromatic carbocycles. The van der Waals surface area contributed by atoms with Crippen LogP contribution < -0.4 is 15.5 Å². The molecule has 1 heterocycles. The van der Waals surface area contributed by atoms with Crippen molar-refractivity contribution in [2.24, 2.45) is 0 Å². The fourth-order valence-electron chi connectivity index (χ4n) is 3.58. The van der Waals surface area contributed by atoms with Gasteiger partial charge in [0.25, 0.3) is 0 Å². The lowest BCUT2D eigenvalue weighted by atomic mass is 9.94. The van der Waals surface area contributed by atoms with Gasteiger partial charge in [-0.25, -0.2) is 9.59 Å². The molecule has 2 N–H and O–H groups in total. The number of urea groups is 1. The molecule has 3 rings (SSSR count). The van der Waals surface area contributed by atoms with Gasteiger partial charge in [-0.1, -0.05) is 18.6 Å². The van der Waals surface area contributed by atoms with Gasteiger partial charge in [0.2, 0.25) is 0 Å². The maximum Gasteiger partial charge on any atom is 0.338 e. The van der Waals surface area contributed by atoms with E-state index in [0.29, 0.717) is 11.3 Å². The first-order valence-corrected chi connectivity index (χ1v) is 9.22. The molecule has 140 valence electrons. The Balaban J connectivity index is 1.85. The Bertz CT molecular complexity index is 704. The molecule has 1 fully saturated rings. The van der Waals surface area contributed by atoms with Crippen LogP contribution >= 0.6 is 0 Å². The summed E-state index contributed by atoms with van der Waals surface area (Å²) in [7, 11) is 3.94. The van der Waals surface area contributed by atoms with Gasteiger partial charge in [0.15, 0.2) is 0 Å². The molecular weight excluding hydrogens is 330 g/mol. The highest BCUT2D eigenvalue weighted by Crippen LogP contribution is 2.30. The van der Waals surface area contributed by atoms with E-state index in [9.17, 15) is 9.59 Å². The Morgan fingerprint density at radius 1 is 1.12 bits per heavy atom. The third-order valence-electron chi connectivity index (χ3n) is 5.06. The Kier molecular flexibility index (Phi) is 5.49. The van der Waals surface area contributed by atoms with E-state index in [2.05, 4.69) is 10.6 Å². The number of nitrogens with zero attached hydrogens (tertiary/aromatic N) is 1. The summed E-state index contributed by atoms with van der Waals surface area (Å²) in [5.41, 5.74) is 2.95. The summed E-state index contributed by atoms with van der Waals surface area (Å²) < 4.78 is 5.75. The van der Waals surface area contributed by atoms with Gasteiger partial charge in [-0.15, -0.1) is 0 Å². The van der Waals surface area contributed by atoms with Gasteiger partial charge in [0.05, 0.1) is 11.6 Å². The molecule has 26 heavy (non-hydrogen) atoms. The minimum atomic E-state index is -0.504. The number of esters is 1. The zero-order chi connectivity index (χ0) is 18.7. The normalized spacial score (nSPS) is 21.0. The molecule has 2 amide bonds. The summed E-state index contributed by atoms with van der Waals surface area (Å²) in [6.45, 7) is 1.75. The van der Waals surface area contributed by atoms with Crippen LogP contribution in [0.3, 0.4) is 0 Å². The monoisotopic (exact) mass is 357 g/mol. The second kappa shape index (κ2) is 7.81. The Morgan fingerprint density at radius 3 is 2.38 bits per heavy atom. The van der Waals surface area contributed by atoms with E-state index in [1.54, 1.807) is 6.92 Å². The van der Waals surface area contributed by atoms with Crippen LogP contribution in [0.1, 0.15) is 50.6 Å². The van der Waals surface area contributed by atoms with Crippen molar-refractivity contribution in [3.05, 3.63) is 41.1 Å². The Hall–Kier alpha value is -2.50. The molecule has 0 aromatic heterocycles. The number of anilines is 1. The van der Waals surface area contributed by atoms with Crippen LogP contribution in [0.4, 0.5) is 10.5 Å². The van der Waals surface area contributed by atoms with Crippen molar-refractivity contribution in [3.63, 3.8) is 0 Å². The number of hydrogen-bond donors (Lipinski definition) is 2. The lowest BCUT2D eigenvalue weighted by Gasteiger charge is -2.30. The van der Waals surface area contributed by atoms with Crippen LogP contribution in [0.15, 0.2) is 35.5 Å². The Morgan fingerprint density at radius 2 is 1.77 bits per heavy atom. The predicted octanol–water partition coefficient (Wildman–Crippen LogP) is 3.26. The molecule has 6 nitrogen and oxygen atoms in total. The number of allylic oxidation sites excluding steroid dienone is 1. The molecule has 1 aliphatic heterocycles. The summed E-state index contributed by atoms with van der Waals surface area (Å²) in [5, 5.41) is 5.55. The molecule has 1 atom stereocenters. The zero-order valence-electron chi connectivity index (χ0n) is 15.7. The SMILES string of the molecule is CC1=C(C(=O)OC2CCCCC2)[C@H](c2ccc(N(C)C)cc2)NC(=O)N1. The first kappa shape index (κ1) is 18.3. The molecule has 0 spiro atoms. The number of carbonyl (C=O) groups excluding carboxylic acids is 2. The van der Waals surface area contributed by atoms with Gasteiger partial charge >= 0.3 is 12.0 Å². The topological polar surface area (TPSA) is 70.7 Å². The van der Waals surface area contributed by atoms with Crippen molar-refractivity contribution in [3.8, 4) is 0 Å². The predicted molar refractivity (Wildman–Crippen MR) is 101 cm³/mol. The summed E-state index contributed by atoms with van der Waals surface area (Å²) in [6, 6.07) is 7.01.